The Labute approximate surface area is 92.1 Å². The molecule has 0 aliphatic carbocycles. The second-order valence-electron chi connectivity index (χ2n) is 3.49. The standard InChI is InChI=1S/C11H13BrO2/c1-7-4-3-5-9(10(7)12)6-8(2)11(13)14/h3-5,8H,6H2,1-2H3,(H,13,14). The molecule has 1 rings (SSSR count). The van der Waals surface area contributed by atoms with Crippen LogP contribution in [0.5, 0.6) is 0 Å². The number of carbonyl (C=O) groups is 1. The lowest BCUT2D eigenvalue weighted by atomic mass is 10.00. The average Bonchev–Trinajstić information content (AvgIpc) is 2.12. The lowest BCUT2D eigenvalue weighted by Crippen LogP contribution is -2.12. The SMILES string of the molecule is Cc1cccc(CC(C)C(=O)O)c1Br. The van der Waals surface area contributed by atoms with E-state index in [9.17, 15) is 4.79 Å². The predicted molar refractivity (Wildman–Crippen MR) is 59.4 cm³/mol. The van der Waals surface area contributed by atoms with Gasteiger partial charge in [-0.15, -0.1) is 0 Å². The van der Waals surface area contributed by atoms with E-state index in [2.05, 4.69) is 15.9 Å². The second kappa shape index (κ2) is 4.60. The predicted octanol–water partition coefficient (Wildman–Crippen LogP) is 3.02. The van der Waals surface area contributed by atoms with Gasteiger partial charge in [-0.25, -0.2) is 0 Å². The first kappa shape index (κ1) is 11.2. The van der Waals surface area contributed by atoms with Gasteiger partial charge in [0.05, 0.1) is 5.92 Å². The molecule has 0 spiro atoms. The van der Waals surface area contributed by atoms with E-state index in [1.54, 1.807) is 6.92 Å². The number of benzene rings is 1. The van der Waals surface area contributed by atoms with Gasteiger partial charge in [-0.05, 0) is 24.5 Å². The quantitative estimate of drug-likeness (QED) is 0.903. The van der Waals surface area contributed by atoms with E-state index in [0.717, 1.165) is 15.6 Å². The van der Waals surface area contributed by atoms with Crippen LogP contribution >= 0.6 is 15.9 Å². The summed E-state index contributed by atoms with van der Waals surface area (Å²) in [6.45, 7) is 3.72. The summed E-state index contributed by atoms with van der Waals surface area (Å²) in [5.74, 6) is -1.09. The van der Waals surface area contributed by atoms with Gasteiger partial charge in [-0.2, -0.15) is 0 Å². The summed E-state index contributed by atoms with van der Waals surface area (Å²) < 4.78 is 1.02. The van der Waals surface area contributed by atoms with E-state index in [1.807, 2.05) is 25.1 Å². The number of aryl methyl sites for hydroxylation is 1. The Morgan fingerprint density at radius 1 is 1.57 bits per heavy atom. The third-order valence-corrected chi connectivity index (χ3v) is 3.35. The highest BCUT2D eigenvalue weighted by molar-refractivity contribution is 9.10. The summed E-state index contributed by atoms with van der Waals surface area (Å²) in [6, 6.07) is 5.90. The van der Waals surface area contributed by atoms with Gasteiger partial charge in [0.25, 0.3) is 0 Å². The summed E-state index contributed by atoms with van der Waals surface area (Å²) >= 11 is 3.46. The largest absolute Gasteiger partial charge is 0.481 e. The third kappa shape index (κ3) is 2.58. The second-order valence-corrected chi connectivity index (χ2v) is 4.28. The monoisotopic (exact) mass is 256 g/mol. The number of halogens is 1. The van der Waals surface area contributed by atoms with Gasteiger partial charge < -0.3 is 5.11 Å². The highest BCUT2D eigenvalue weighted by Gasteiger charge is 2.13. The normalized spacial score (nSPS) is 12.5. The zero-order valence-electron chi connectivity index (χ0n) is 8.25. The zero-order chi connectivity index (χ0) is 10.7. The smallest absolute Gasteiger partial charge is 0.306 e. The molecule has 0 aliphatic heterocycles. The number of rotatable bonds is 3. The van der Waals surface area contributed by atoms with Crippen LogP contribution in [0.2, 0.25) is 0 Å². The Morgan fingerprint density at radius 2 is 2.21 bits per heavy atom. The topological polar surface area (TPSA) is 37.3 Å². The van der Waals surface area contributed by atoms with Gasteiger partial charge in [0.15, 0.2) is 0 Å². The maximum atomic E-state index is 10.7. The number of aliphatic carboxylic acids is 1. The van der Waals surface area contributed by atoms with Gasteiger partial charge in [0.1, 0.15) is 0 Å². The molecule has 1 unspecified atom stereocenters. The summed E-state index contributed by atoms with van der Waals surface area (Å²) in [4.78, 5) is 10.7. The van der Waals surface area contributed by atoms with Crippen molar-refractivity contribution in [3.8, 4) is 0 Å². The molecule has 1 aromatic carbocycles. The Balaban J connectivity index is 2.87. The minimum absolute atomic E-state index is 0.340. The van der Waals surface area contributed by atoms with E-state index in [1.165, 1.54) is 0 Å². The molecular formula is C11H13BrO2. The van der Waals surface area contributed by atoms with Crippen LogP contribution in [-0.2, 0) is 11.2 Å². The van der Waals surface area contributed by atoms with Crippen LogP contribution in [0.4, 0.5) is 0 Å². The highest BCUT2D eigenvalue weighted by atomic mass is 79.9. The summed E-state index contributed by atoms with van der Waals surface area (Å²) in [6.07, 6.45) is 0.567. The Kier molecular flexibility index (Phi) is 3.69. The number of carboxylic acid groups (broad SMARTS) is 1. The molecule has 0 aromatic heterocycles. The molecule has 1 aromatic rings. The zero-order valence-corrected chi connectivity index (χ0v) is 9.84. The van der Waals surface area contributed by atoms with Crippen molar-refractivity contribution in [3.63, 3.8) is 0 Å². The molecule has 1 atom stereocenters. The molecule has 14 heavy (non-hydrogen) atoms. The first-order valence-electron chi connectivity index (χ1n) is 4.49. The number of hydrogen-bond acceptors (Lipinski definition) is 1. The molecular weight excluding hydrogens is 244 g/mol. The molecule has 0 fully saturated rings. The van der Waals surface area contributed by atoms with Gasteiger partial charge in [-0.3, -0.25) is 4.79 Å². The number of carboxylic acids is 1. The van der Waals surface area contributed by atoms with Crippen molar-refractivity contribution in [1.29, 1.82) is 0 Å². The van der Waals surface area contributed by atoms with Crippen molar-refractivity contribution in [1.82, 2.24) is 0 Å². The Hall–Kier alpha value is -0.830. The lowest BCUT2D eigenvalue weighted by molar-refractivity contribution is -0.141. The molecule has 2 nitrogen and oxygen atoms in total. The van der Waals surface area contributed by atoms with E-state index in [-0.39, 0.29) is 5.92 Å². The minimum Gasteiger partial charge on any atom is -0.481 e. The van der Waals surface area contributed by atoms with Crippen LogP contribution in [0.3, 0.4) is 0 Å². The average molecular weight is 257 g/mol. The van der Waals surface area contributed by atoms with Gasteiger partial charge >= 0.3 is 5.97 Å². The van der Waals surface area contributed by atoms with Gasteiger partial charge in [0.2, 0.25) is 0 Å². The van der Waals surface area contributed by atoms with E-state index >= 15 is 0 Å². The van der Waals surface area contributed by atoms with Crippen molar-refractivity contribution in [2.75, 3.05) is 0 Å². The van der Waals surface area contributed by atoms with Crippen LogP contribution in [0.25, 0.3) is 0 Å². The summed E-state index contributed by atoms with van der Waals surface area (Å²) in [7, 11) is 0. The van der Waals surface area contributed by atoms with Crippen molar-refractivity contribution in [3.05, 3.63) is 33.8 Å². The van der Waals surface area contributed by atoms with Crippen LogP contribution in [0.1, 0.15) is 18.1 Å². The summed E-state index contributed by atoms with van der Waals surface area (Å²) in [5.41, 5.74) is 2.19. The van der Waals surface area contributed by atoms with Crippen LogP contribution in [0.15, 0.2) is 22.7 Å². The molecule has 0 amide bonds. The third-order valence-electron chi connectivity index (χ3n) is 2.22. The van der Waals surface area contributed by atoms with Crippen molar-refractivity contribution < 1.29 is 9.90 Å². The lowest BCUT2D eigenvalue weighted by Gasteiger charge is -2.09. The Morgan fingerprint density at radius 3 is 2.79 bits per heavy atom. The van der Waals surface area contributed by atoms with E-state index < -0.39 is 5.97 Å². The van der Waals surface area contributed by atoms with Crippen LogP contribution in [-0.4, -0.2) is 11.1 Å². The molecule has 1 N–H and O–H groups in total. The van der Waals surface area contributed by atoms with E-state index in [4.69, 9.17) is 5.11 Å². The fourth-order valence-corrected chi connectivity index (χ4v) is 1.71. The molecule has 0 saturated carbocycles. The van der Waals surface area contributed by atoms with Crippen molar-refractivity contribution in [2.24, 2.45) is 5.92 Å². The Bertz CT molecular complexity index is 347. The van der Waals surface area contributed by atoms with Crippen molar-refractivity contribution >= 4 is 21.9 Å². The van der Waals surface area contributed by atoms with Crippen LogP contribution < -0.4 is 0 Å². The van der Waals surface area contributed by atoms with Gasteiger partial charge in [0, 0.05) is 4.47 Å². The molecule has 0 radical (unpaired) electrons. The molecule has 3 heteroatoms. The van der Waals surface area contributed by atoms with Gasteiger partial charge in [-0.1, -0.05) is 41.1 Å². The highest BCUT2D eigenvalue weighted by Crippen LogP contribution is 2.23. The number of hydrogen-bond donors (Lipinski definition) is 1. The fraction of sp³-hybridized carbons (Fsp3) is 0.364. The van der Waals surface area contributed by atoms with Crippen LogP contribution in [0, 0.1) is 12.8 Å². The van der Waals surface area contributed by atoms with E-state index in [0.29, 0.717) is 6.42 Å². The molecule has 0 heterocycles. The van der Waals surface area contributed by atoms with Crippen molar-refractivity contribution in [2.45, 2.75) is 20.3 Å². The maximum absolute atomic E-state index is 10.7. The molecule has 0 aliphatic rings. The molecule has 76 valence electrons. The fourth-order valence-electron chi connectivity index (χ4n) is 1.28. The minimum atomic E-state index is -0.751. The first-order valence-corrected chi connectivity index (χ1v) is 5.28. The molecule has 0 bridgehead atoms. The molecule has 0 saturated heterocycles. The maximum Gasteiger partial charge on any atom is 0.306 e. The summed E-state index contributed by atoms with van der Waals surface area (Å²) in [5, 5.41) is 8.79. The first-order chi connectivity index (χ1) is 6.52.